The molecule has 26 heavy (non-hydrogen) atoms. The molecule has 4 rings (SSSR count). The molecule has 4 aromatic rings. The smallest absolute Gasteiger partial charge is 0.267 e. The SMILES string of the molecule is Cc1ccc2nc(NS(=O)(=O)c3cn(C)nc3-c3ccccc3)sc2c1. The van der Waals surface area contributed by atoms with E-state index in [4.69, 9.17) is 0 Å². The van der Waals surface area contributed by atoms with E-state index in [9.17, 15) is 8.42 Å². The fraction of sp³-hybridized carbons (Fsp3) is 0.111. The normalized spacial score (nSPS) is 11.8. The molecule has 0 unspecified atom stereocenters. The zero-order valence-electron chi connectivity index (χ0n) is 14.2. The van der Waals surface area contributed by atoms with Crippen LogP contribution in [0.25, 0.3) is 21.5 Å². The molecule has 0 amide bonds. The average Bonchev–Trinajstić information content (AvgIpc) is 3.18. The van der Waals surface area contributed by atoms with Crippen LogP contribution in [-0.2, 0) is 17.1 Å². The second kappa shape index (κ2) is 6.22. The number of hydrogen-bond acceptors (Lipinski definition) is 5. The molecule has 0 saturated carbocycles. The average molecular weight is 384 g/mol. The van der Waals surface area contributed by atoms with Crippen molar-refractivity contribution in [2.24, 2.45) is 7.05 Å². The maximum Gasteiger partial charge on any atom is 0.267 e. The number of nitrogens with zero attached hydrogens (tertiary/aromatic N) is 3. The molecule has 1 N–H and O–H groups in total. The van der Waals surface area contributed by atoms with Crippen LogP contribution in [0.4, 0.5) is 5.13 Å². The lowest BCUT2D eigenvalue weighted by Gasteiger charge is -2.05. The molecule has 0 saturated heterocycles. The van der Waals surface area contributed by atoms with E-state index in [1.54, 1.807) is 7.05 Å². The van der Waals surface area contributed by atoms with Crippen LogP contribution in [-0.4, -0.2) is 23.2 Å². The molecule has 0 aliphatic carbocycles. The third-order valence-electron chi connectivity index (χ3n) is 3.90. The van der Waals surface area contributed by atoms with Gasteiger partial charge in [0.2, 0.25) is 0 Å². The minimum absolute atomic E-state index is 0.127. The van der Waals surface area contributed by atoms with E-state index >= 15 is 0 Å². The fourth-order valence-electron chi connectivity index (χ4n) is 2.70. The Labute approximate surface area is 155 Å². The second-order valence-corrected chi connectivity index (χ2v) is 8.66. The van der Waals surface area contributed by atoms with Gasteiger partial charge in [0, 0.05) is 18.8 Å². The molecule has 8 heteroatoms. The van der Waals surface area contributed by atoms with Gasteiger partial charge in [0.15, 0.2) is 5.13 Å². The highest BCUT2D eigenvalue weighted by atomic mass is 32.2. The highest BCUT2D eigenvalue weighted by molar-refractivity contribution is 7.93. The highest BCUT2D eigenvalue weighted by Gasteiger charge is 2.24. The predicted octanol–water partition coefficient (Wildman–Crippen LogP) is 3.81. The molecule has 6 nitrogen and oxygen atoms in total. The molecule has 0 aliphatic heterocycles. The molecule has 2 aromatic carbocycles. The molecular formula is C18H16N4O2S2. The third-order valence-corrected chi connectivity index (χ3v) is 6.30. The van der Waals surface area contributed by atoms with Gasteiger partial charge in [-0.3, -0.25) is 9.40 Å². The molecule has 0 fully saturated rings. The molecule has 2 aromatic heterocycles. The Morgan fingerprint density at radius 1 is 1.12 bits per heavy atom. The van der Waals surface area contributed by atoms with E-state index in [1.807, 2.05) is 55.5 Å². The van der Waals surface area contributed by atoms with Crippen molar-refractivity contribution in [2.45, 2.75) is 11.8 Å². The number of hydrogen-bond donors (Lipinski definition) is 1. The van der Waals surface area contributed by atoms with Gasteiger partial charge < -0.3 is 0 Å². The summed E-state index contributed by atoms with van der Waals surface area (Å²) < 4.78 is 30.9. The maximum absolute atomic E-state index is 13.0. The van der Waals surface area contributed by atoms with Crippen LogP contribution in [0.2, 0.25) is 0 Å². The molecule has 0 radical (unpaired) electrons. The van der Waals surface area contributed by atoms with Crippen molar-refractivity contribution in [3.05, 3.63) is 60.3 Å². The van der Waals surface area contributed by atoms with Crippen molar-refractivity contribution in [1.82, 2.24) is 14.8 Å². The van der Waals surface area contributed by atoms with Crippen LogP contribution in [0.15, 0.2) is 59.6 Å². The van der Waals surface area contributed by atoms with Crippen LogP contribution in [0, 0.1) is 6.92 Å². The van der Waals surface area contributed by atoms with E-state index in [-0.39, 0.29) is 4.90 Å². The van der Waals surface area contributed by atoms with Crippen molar-refractivity contribution in [2.75, 3.05) is 4.72 Å². The van der Waals surface area contributed by atoms with Gasteiger partial charge in [-0.25, -0.2) is 13.4 Å². The molecule has 132 valence electrons. The first-order valence-corrected chi connectivity index (χ1v) is 10.2. The summed E-state index contributed by atoms with van der Waals surface area (Å²) in [6.45, 7) is 1.99. The number of anilines is 1. The Balaban J connectivity index is 1.75. The highest BCUT2D eigenvalue weighted by Crippen LogP contribution is 2.31. The zero-order valence-corrected chi connectivity index (χ0v) is 15.8. The van der Waals surface area contributed by atoms with Gasteiger partial charge >= 0.3 is 0 Å². The van der Waals surface area contributed by atoms with Crippen molar-refractivity contribution >= 4 is 36.7 Å². The largest absolute Gasteiger partial charge is 0.274 e. The number of rotatable bonds is 4. The Bertz CT molecular complexity index is 1190. The van der Waals surface area contributed by atoms with E-state index in [2.05, 4.69) is 14.8 Å². The number of fused-ring (bicyclic) bond motifs is 1. The number of thiazole rings is 1. The number of aromatic nitrogens is 3. The summed E-state index contributed by atoms with van der Waals surface area (Å²) >= 11 is 1.31. The first kappa shape index (κ1) is 16.7. The molecule has 0 atom stereocenters. The number of nitrogens with one attached hydrogen (secondary N) is 1. The number of sulfonamides is 1. The van der Waals surface area contributed by atoms with Crippen LogP contribution in [0.5, 0.6) is 0 Å². The molecular weight excluding hydrogens is 368 g/mol. The maximum atomic E-state index is 13.0. The molecule has 0 bridgehead atoms. The monoisotopic (exact) mass is 384 g/mol. The van der Waals surface area contributed by atoms with Crippen molar-refractivity contribution in [3.8, 4) is 11.3 Å². The Morgan fingerprint density at radius 2 is 1.88 bits per heavy atom. The van der Waals surface area contributed by atoms with Gasteiger partial charge in [0.05, 0.1) is 10.2 Å². The Morgan fingerprint density at radius 3 is 2.65 bits per heavy atom. The lowest BCUT2D eigenvalue weighted by Crippen LogP contribution is -2.13. The lowest BCUT2D eigenvalue weighted by molar-refractivity contribution is 0.601. The van der Waals surface area contributed by atoms with Gasteiger partial charge in [-0.05, 0) is 24.6 Å². The van der Waals surface area contributed by atoms with Crippen LogP contribution < -0.4 is 4.72 Å². The number of benzene rings is 2. The first-order valence-electron chi connectivity index (χ1n) is 7.91. The fourth-order valence-corrected chi connectivity index (χ4v) is 5.11. The topological polar surface area (TPSA) is 76.9 Å². The lowest BCUT2D eigenvalue weighted by atomic mass is 10.2. The van der Waals surface area contributed by atoms with E-state index in [1.165, 1.54) is 22.2 Å². The summed E-state index contributed by atoms with van der Waals surface area (Å²) in [6.07, 6.45) is 1.50. The van der Waals surface area contributed by atoms with E-state index in [0.29, 0.717) is 10.8 Å². The predicted molar refractivity (Wildman–Crippen MR) is 104 cm³/mol. The van der Waals surface area contributed by atoms with Crippen molar-refractivity contribution in [3.63, 3.8) is 0 Å². The molecule has 0 spiro atoms. The van der Waals surface area contributed by atoms with Gasteiger partial charge in [-0.15, -0.1) is 0 Å². The number of aryl methyl sites for hydroxylation is 2. The summed E-state index contributed by atoms with van der Waals surface area (Å²) in [4.78, 5) is 4.50. The van der Waals surface area contributed by atoms with Gasteiger partial charge in [-0.1, -0.05) is 47.7 Å². The van der Waals surface area contributed by atoms with E-state index in [0.717, 1.165) is 21.3 Å². The third kappa shape index (κ3) is 3.09. The Kier molecular flexibility index (Phi) is 4.01. The van der Waals surface area contributed by atoms with Gasteiger partial charge in [0.1, 0.15) is 10.6 Å². The van der Waals surface area contributed by atoms with E-state index < -0.39 is 10.0 Å². The quantitative estimate of drug-likeness (QED) is 0.580. The van der Waals surface area contributed by atoms with Gasteiger partial charge in [-0.2, -0.15) is 5.10 Å². The summed E-state index contributed by atoms with van der Waals surface area (Å²) in [5.41, 5.74) is 3.04. The minimum Gasteiger partial charge on any atom is -0.274 e. The summed E-state index contributed by atoms with van der Waals surface area (Å²) in [5.74, 6) is 0. The van der Waals surface area contributed by atoms with Crippen molar-refractivity contribution < 1.29 is 8.42 Å². The standard InChI is InChI=1S/C18H16N4O2S2/c1-12-8-9-14-15(10-12)25-18(19-14)21-26(23,24)16-11-22(2)20-17(16)13-6-4-3-5-7-13/h3-11H,1-2H3,(H,19,21). The summed E-state index contributed by atoms with van der Waals surface area (Å²) in [5, 5.41) is 4.66. The zero-order chi connectivity index (χ0) is 18.3. The van der Waals surface area contributed by atoms with Gasteiger partial charge in [0.25, 0.3) is 10.0 Å². The summed E-state index contributed by atoms with van der Waals surface area (Å²) in [6, 6.07) is 15.1. The van der Waals surface area contributed by atoms with Crippen LogP contribution >= 0.6 is 11.3 Å². The minimum atomic E-state index is -3.81. The second-order valence-electron chi connectivity index (χ2n) is 5.98. The Hall–Kier alpha value is -2.71. The molecule has 0 aliphatic rings. The van der Waals surface area contributed by atoms with Crippen LogP contribution in [0.1, 0.15) is 5.56 Å². The molecule has 2 heterocycles. The first-order chi connectivity index (χ1) is 12.4. The summed E-state index contributed by atoms with van der Waals surface area (Å²) in [7, 11) is -2.11. The van der Waals surface area contributed by atoms with Crippen molar-refractivity contribution in [1.29, 1.82) is 0 Å². The van der Waals surface area contributed by atoms with Crippen LogP contribution in [0.3, 0.4) is 0 Å².